The van der Waals surface area contributed by atoms with E-state index in [0.29, 0.717) is 11.2 Å². The average Bonchev–Trinajstić information content (AvgIpc) is 2.75. The fourth-order valence-corrected chi connectivity index (χ4v) is 2.42. The number of pyridine rings is 1. The van der Waals surface area contributed by atoms with Crippen LogP contribution in [0.3, 0.4) is 0 Å². The van der Waals surface area contributed by atoms with Gasteiger partial charge in [-0.1, -0.05) is 17.7 Å². The lowest BCUT2D eigenvalue weighted by Crippen LogP contribution is -2.29. The number of hydrogen-bond acceptors (Lipinski definition) is 3. The van der Waals surface area contributed by atoms with Gasteiger partial charge in [0.2, 0.25) is 0 Å². The van der Waals surface area contributed by atoms with E-state index in [2.05, 4.69) is 29.0 Å². The van der Waals surface area contributed by atoms with Crippen molar-refractivity contribution in [1.29, 1.82) is 0 Å². The van der Waals surface area contributed by atoms with Gasteiger partial charge in [0.1, 0.15) is 11.0 Å². The van der Waals surface area contributed by atoms with Gasteiger partial charge in [0.05, 0.1) is 0 Å². The molecular formula is C13H20ClN3. The topological polar surface area (TPSA) is 28.2 Å². The third kappa shape index (κ3) is 3.58. The van der Waals surface area contributed by atoms with Crippen LogP contribution in [-0.2, 0) is 0 Å². The highest BCUT2D eigenvalue weighted by Crippen LogP contribution is 2.19. The lowest BCUT2D eigenvalue weighted by molar-refractivity contribution is 0.266. The maximum Gasteiger partial charge on any atom is 0.131 e. The van der Waals surface area contributed by atoms with Crippen LogP contribution in [0.15, 0.2) is 18.2 Å². The van der Waals surface area contributed by atoms with Crippen LogP contribution >= 0.6 is 11.6 Å². The van der Waals surface area contributed by atoms with Crippen molar-refractivity contribution in [3.05, 3.63) is 23.4 Å². The minimum absolute atomic E-state index is 0.547. The molecule has 1 aromatic heterocycles. The number of hydrogen-bond donors (Lipinski definition) is 1. The quantitative estimate of drug-likeness (QED) is 0.837. The molecular weight excluding hydrogens is 234 g/mol. The maximum atomic E-state index is 5.85. The van der Waals surface area contributed by atoms with Crippen molar-refractivity contribution in [2.75, 3.05) is 25.0 Å². The zero-order chi connectivity index (χ0) is 12.3. The van der Waals surface area contributed by atoms with E-state index in [9.17, 15) is 0 Å². The summed E-state index contributed by atoms with van der Waals surface area (Å²) in [5, 5.41) is 3.91. The summed E-state index contributed by atoms with van der Waals surface area (Å²) in [5.41, 5.74) is 0. The van der Waals surface area contributed by atoms with E-state index in [4.69, 9.17) is 11.6 Å². The first-order valence-corrected chi connectivity index (χ1v) is 6.63. The van der Waals surface area contributed by atoms with Crippen LogP contribution in [0.2, 0.25) is 5.15 Å². The van der Waals surface area contributed by atoms with Crippen LogP contribution in [0.1, 0.15) is 20.3 Å². The lowest BCUT2D eigenvalue weighted by atomic mass is 10.1. The van der Waals surface area contributed by atoms with Gasteiger partial charge in [0, 0.05) is 19.1 Å². The first-order valence-electron chi connectivity index (χ1n) is 6.25. The largest absolute Gasteiger partial charge is 0.370 e. The van der Waals surface area contributed by atoms with Gasteiger partial charge in [0.25, 0.3) is 0 Å². The van der Waals surface area contributed by atoms with Gasteiger partial charge >= 0.3 is 0 Å². The predicted molar refractivity (Wildman–Crippen MR) is 72.6 cm³/mol. The van der Waals surface area contributed by atoms with Crippen molar-refractivity contribution in [2.24, 2.45) is 5.92 Å². The molecule has 1 aromatic rings. The molecule has 1 atom stereocenters. The number of likely N-dealkylation sites (tertiary alicyclic amines) is 1. The molecule has 1 N–H and O–H groups in total. The molecule has 2 heterocycles. The SMILES string of the molecule is CC(C)N1CCC(CNc2cccc(Cl)n2)C1. The van der Waals surface area contributed by atoms with Crippen molar-refractivity contribution >= 4 is 17.4 Å². The van der Waals surface area contributed by atoms with Crippen molar-refractivity contribution in [3.63, 3.8) is 0 Å². The molecule has 94 valence electrons. The molecule has 0 aromatic carbocycles. The second kappa shape index (κ2) is 5.69. The van der Waals surface area contributed by atoms with E-state index in [0.717, 1.165) is 18.3 Å². The predicted octanol–water partition coefficient (Wildman–Crippen LogP) is 2.88. The summed E-state index contributed by atoms with van der Waals surface area (Å²) >= 11 is 5.85. The summed E-state index contributed by atoms with van der Waals surface area (Å²) in [6.07, 6.45) is 1.27. The van der Waals surface area contributed by atoms with Crippen molar-refractivity contribution in [2.45, 2.75) is 26.3 Å². The van der Waals surface area contributed by atoms with Crippen LogP contribution in [0.5, 0.6) is 0 Å². The Hall–Kier alpha value is -0.800. The Morgan fingerprint density at radius 1 is 1.53 bits per heavy atom. The van der Waals surface area contributed by atoms with Gasteiger partial charge in [-0.2, -0.15) is 0 Å². The van der Waals surface area contributed by atoms with Crippen LogP contribution in [0.25, 0.3) is 0 Å². The summed E-state index contributed by atoms with van der Waals surface area (Å²) in [6.45, 7) is 7.90. The Balaban J connectivity index is 1.80. The zero-order valence-corrected chi connectivity index (χ0v) is 11.2. The second-order valence-electron chi connectivity index (χ2n) is 4.97. The van der Waals surface area contributed by atoms with Crippen LogP contribution in [0.4, 0.5) is 5.82 Å². The van der Waals surface area contributed by atoms with Gasteiger partial charge in [-0.3, -0.25) is 0 Å². The molecule has 1 unspecified atom stereocenters. The fraction of sp³-hybridized carbons (Fsp3) is 0.615. The normalized spacial score (nSPS) is 21.1. The molecule has 1 fully saturated rings. The van der Waals surface area contributed by atoms with Gasteiger partial charge in [0.15, 0.2) is 0 Å². The van der Waals surface area contributed by atoms with Gasteiger partial charge in [-0.25, -0.2) is 4.98 Å². The fourth-order valence-electron chi connectivity index (χ4n) is 2.25. The standard InChI is InChI=1S/C13H20ClN3/c1-10(2)17-7-6-11(9-17)8-15-13-5-3-4-12(14)16-13/h3-5,10-11H,6-9H2,1-2H3,(H,15,16). The lowest BCUT2D eigenvalue weighted by Gasteiger charge is -2.20. The molecule has 0 radical (unpaired) electrons. The number of rotatable bonds is 4. The van der Waals surface area contributed by atoms with Crippen molar-refractivity contribution < 1.29 is 0 Å². The first kappa shape index (κ1) is 12.7. The Bertz CT molecular complexity index is 367. The van der Waals surface area contributed by atoms with E-state index in [-0.39, 0.29) is 0 Å². The van der Waals surface area contributed by atoms with Gasteiger partial charge in [-0.05, 0) is 44.9 Å². The second-order valence-corrected chi connectivity index (χ2v) is 5.36. The molecule has 0 bridgehead atoms. The number of nitrogens with zero attached hydrogens (tertiary/aromatic N) is 2. The Kier molecular flexibility index (Phi) is 4.24. The minimum Gasteiger partial charge on any atom is -0.370 e. The minimum atomic E-state index is 0.547. The maximum absolute atomic E-state index is 5.85. The Morgan fingerprint density at radius 3 is 3.00 bits per heavy atom. The summed E-state index contributed by atoms with van der Waals surface area (Å²) in [6, 6.07) is 6.33. The highest BCUT2D eigenvalue weighted by atomic mass is 35.5. The number of halogens is 1. The molecule has 0 amide bonds. The Labute approximate surface area is 108 Å². The first-order chi connectivity index (χ1) is 8.15. The van der Waals surface area contributed by atoms with Gasteiger partial charge in [-0.15, -0.1) is 0 Å². The third-order valence-electron chi connectivity index (χ3n) is 3.33. The molecule has 1 aliphatic heterocycles. The molecule has 0 saturated carbocycles. The molecule has 17 heavy (non-hydrogen) atoms. The van der Waals surface area contributed by atoms with E-state index in [1.807, 2.05) is 12.1 Å². The molecule has 4 heteroatoms. The summed E-state index contributed by atoms with van der Waals surface area (Å²) in [5.74, 6) is 1.60. The summed E-state index contributed by atoms with van der Waals surface area (Å²) in [4.78, 5) is 6.75. The van der Waals surface area contributed by atoms with Crippen LogP contribution < -0.4 is 5.32 Å². The van der Waals surface area contributed by atoms with Crippen LogP contribution in [0, 0.1) is 5.92 Å². The van der Waals surface area contributed by atoms with Gasteiger partial charge < -0.3 is 10.2 Å². The van der Waals surface area contributed by atoms with Crippen molar-refractivity contribution in [1.82, 2.24) is 9.88 Å². The molecule has 0 aliphatic carbocycles. The smallest absolute Gasteiger partial charge is 0.131 e. The van der Waals surface area contributed by atoms with Crippen molar-refractivity contribution in [3.8, 4) is 0 Å². The average molecular weight is 254 g/mol. The Morgan fingerprint density at radius 2 is 2.35 bits per heavy atom. The molecule has 2 rings (SSSR count). The summed E-state index contributed by atoms with van der Waals surface area (Å²) < 4.78 is 0. The monoisotopic (exact) mass is 253 g/mol. The third-order valence-corrected chi connectivity index (χ3v) is 3.55. The van der Waals surface area contributed by atoms with E-state index >= 15 is 0 Å². The summed E-state index contributed by atoms with van der Waals surface area (Å²) in [7, 11) is 0. The molecule has 0 spiro atoms. The zero-order valence-electron chi connectivity index (χ0n) is 10.5. The van der Waals surface area contributed by atoms with E-state index < -0.39 is 0 Å². The van der Waals surface area contributed by atoms with E-state index in [1.54, 1.807) is 6.07 Å². The number of anilines is 1. The van der Waals surface area contributed by atoms with Crippen LogP contribution in [-0.4, -0.2) is 35.6 Å². The van der Waals surface area contributed by atoms with E-state index in [1.165, 1.54) is 19.5 Å². The number of aromatic nitrogens is 1. The molecule has 1 aliphatic rings. The number of nitrogens with one attached hydrogen (secondary N) is 1. The highest BCUT2D eigenvalue weighted by molar-refractivity contribution is 6.29. The molecule has 3 nitrogen and oxygen atoms in total. The highest BCUT2D eigenvalue weighted by Gasteiger charge is 2.23. The molecule has 1 saturated heterocycles.